The van der Waals surface area contributed by atoms with Crippen LogP contribution in [0.2, 0.25) is 0 Å². The third-order valence-electron chi connectivity index (χ3n) is 4.75. The van der Waals surface area contributed by atoms with Crippen LogP contribution in [0.15, 0.2) is 77.7 Å². The first-order chi connectivity index (χ1) is 15.4. The fourth-order valence-electron chi connectivity index (χ4n) is 3.09. The molecule has 4 aromatic rings. The summed E-state index contributed by atoms with van der Waals surface area (Å²) in [5.41, 5.74) is 2.69. The predicted molar refractivity (Wildman–Crippen MR) is 125 cm³/mol. The number of nitriles is 1. The van der Waals surface area contributed by atoms with E-state index in [1.54, 1.807) is 17.4 Å². The molecule has 0 atom stereocenters. The average molecular weight is 463 g/mol. The molecule has 1 amide bonds. The minimum Gasteiger partial charge on any atom is -0.325 e. The second-order valence-electron chi connectivity index (χ2n) is 7.01. The summed E-state index contributed by atoms with van der Waals surface area (Å²) in [7, 11) is -2.52. The summed E-state index contributed by atoms with van der Waals surface area (Å²) in [5, 5.41) is 12.4. The number of nitrogens with zero attached hydrogens (tertiary/aromatic N) is 3. The van der Waals surface area contributed by atoms with Crippen molar-refractivity contribution in [1.82, 2.24) is 9.29 Å². The van der Waals surface area contributed by atoms with E-state index in [-0.39, 0.29) is 11.4 Å². The number of likely N-dealkylation sites (N-methyl/N-ethyl adjacent to an activating group) is 1. The van der Waals surface area contributed by atoms with Crippen molar-refractivity contribution >= 4 is 43.2 Å². The minimum atomic E-state index is -3.86. The molecule has 0 saturated carbocycles. The molecule has 32 heavy (non-hydrogen) atoms. The SMILES string of the molecule is CN(CC(=O)Nc1cccc(-c2nc3ccccc3s2)c1)S(=O)(=O)c1ccc(C#N)cc1. The average Bonchev–Trinajstić information content (AvgIpc) is 3.23. The van der Waals surface area contributed by atoms with Crippen LogP contribution in [-0.2, 0) is 14.8 Å². The Balaban J connectivity index is 1.46. The lowest BCUT2D eigenvalue weighted by Gasteiger charge is -2.17. The number of sulfonamides is 1. The Morgan fingerprint density at radius 3 is 2.56 bits per heavy atom. The highest BCUT2D eigenvalue weighted by Gasteiger charge is 2.23. The monoisotopic (exact) mass is 462 g/mol. The number of hydrogen-bond acceptors (Lipinski definition) is 6. The van der Waals surface area contributed by atoms with Gasteiger partial charge in [-0.05, 0) is 48.5 Å². The summed E-state index contributed by atoms with van der Waals surface area (Å²) < 4.78 is 27.4. The smallest absolute Gasteiger partial charge is 0.243 e. The molecule has 1 aromatic heterocycles. The van der Waals surface area contributed by atoms with Crippen molar-refractivity contribution in [3.63, 3.8) is 0 Å². The van der Waals surface area contributed by atoms with E-state index in [0.717, 1.165) is 25.1 Å². The fourth-order valence-corrected chi connectivity index (χ4v) is 5.18. The first kappa shape index (κ1) is 21.6. The molecule has 0 unspecified atom stereocenters. The molecule has 0 bridgehead atoms. The molecular weight excluding hydrogens is 444 g/mol. The Hall–Kier alpha value is -3.58. The van der Waals surface area contributed by atoms with Crippen molar-refractivity contribution in [2.45, 2.75) is 4.90 Å². The van der Waals surface area contributed by atoms with Crippen molar-refractivity contribution < 1.29 is 13.2 Å². The number of thiazole rings is 1. The predicted octanol–water partition coefficient (Wildman–Crippen LogP) is 4.09. The molecule has 4 rings (SSSR count). The normalized spacial score (nSPS) is 11.4. The number of aromatic nitrogens is 1. The van der Waals surface area contributed by atoms with Crippen LogP contribution in [0.25, 0.3) is 20.8 Å². The Morgan fingerprint density at radius 2 is 1.84 bits per heavy atom. The summed E-state index contributed by atoms with van der Waals surface area (Å²) in [4.78, 5) is 17.2. The highest BCUT2D eigenvalue weighted by Crippen LogP contribution is 2.31. The topological polar surface area (TPSA) is 103 Å². The van der Waals surface area contributed by atoms with Crippen LogP contribution in [0.4, 0.5) is 5.69 Å². The number of carbonyl (C=O) groups is 1. The zero-order chi connectivity index (χ0) is 22.7. The number of fused-ring (bicyclic) bond motifs is 1. The molecule has 3 aromatic carbocycles. The maximum atomic E-state index is 12.7. The van der Waals surface area contributed by atoms with E-state index in [1.165, 1.54) is 31.3 Å². The van der Waals surface area contributed by atoms with Gasteiger partial charge >= 0.3 is 0 Å². The number of rotatable bonds is 6. The van der Waals surface area contributed by atoms with Gasteiger partial charge in [0.2, 0.25) is 15.9 Å². The molecule has 9 heteroatoms. The molecule has 0 aliphatic rings. The van der Waals surface area contributed by atoms with E-state index in [9.17, 15) is 13.2 Å². The van der Waals surface area contributed by atoms with Crippen molar-refractivity contribution in [1.29, 1.82) is 5.26 Å². The lowest BCUT2D eigenvalue weighted by Crippen LogP contribution is -2.34. The molecule has 1 heterocycles. The first-order valence-corrected chi connectivity index (χ1v) is 11.8. The zero-order valence-corrected chi connectivity index (χ0v) is 18.7. The number of anilines is 1. The van der Waals surface area contributed by atoms with Gasteiger partial charge in [-0.3, -0.25) is 4.79 Å². The Bertz CT molecular complexity index is 1410. The third-order valence-corrected chi connectivity index (χ3v) is 7.65. The summed E-state index contributed by atoms with van der Waals surface area (Å²) in [6, 6.07) is 22.6. The summed E-state index contributed by atoms with van der Waals surface area (Å²) in [6.45, 7) is -0.353. The fraction of sp³-hybridized carbons (Fsp3) is 0.0870. The van der Waals surface area contributed by atoms with Gasteiger partial charge in [-0.15, -0.1) is 11.3 Å². The quantitative estimate of drug-likeness (QED) is 0.465. The van der Waals surface area contributed by atoms with E-state index < -0.39 is 15.9 Å². The van der Waals surface area contributed by atoms with Gasteiger partial charge in [0.1, 0.15) is 5.01 Å². The van der Waals surface area contributed by atoms with E-state index in [0.29, 0.717) is 11.3 Å². The summed E-state index contributed by atoms with van der Waals surface area (Å²) in [5.74, 6) is -0.467. The van der Waals surface area contributed by atoms with Crippen LogP contribution in [0.3, 0.4) is 0 Å². The van der Waals surface area contributed by atoms with Crippen molar-refractivity contribution in [2.75, 3.05) is 18.9 Å². The highest BCUT2D eigenvalue weighted by atomic mass is 32.2. The van der Waals surface area contributed by atoms with Gasteiger partial charge in [0, 0.05) is 18.3 Å². The molecule has 0 fully saturated rings. The number of amides is 1. The molecule has 1 N–H and O–H groups in total. The van der Waals surface area contributed by atoms with Gasteiger partial charge in [0.05, 0.1) is 33.3 Å². The van der Waals surface area contributed by atoms with Crippen LogP contribution in [0.5, 0.6) is 0 Å². The lowest BCUT2D eigenvalue weighted by molar-refractivity contribution is -0.116. The molecule has 0 spiro atoms. The third kappa shape index (κ3) is 4.53. The minimum absolute atomic E-state index is 0.0182. The summed E-state index contributed by atoms with van der Waals surface area (Å²) in [6.07, 6.45) is 0. The van der Waals surface area contributed by atoms with Gasteiger partial charge in [0.15, 0.2) is 0 Å². The second-order valence-corrected chi connectivity index (χ2v) is 10.1. The standard InChI is InChI=1S/C23H18N4O3S2/c1-27(32(29,30)19-11-9-16(14-24)10-12-19)15-22(28)25-18-6-4-5-17(13-18)23-26-20-7-2-3-8-21(20)31-23/h2-13H,15H2,1H3,(H,25,28). The van der Waals surface area contributed by atoms with Crippen LogP contribution in [-0.4, -0.2) is 37.2 Å². The number of benzene rings is 3. The number of hydrogen-bond donors (Lipinski definition) is 1. The van der Waals surface area contributed by atoms with Crippen LogP contribution < -0.4 is 5.32 Å². The zero-order valence-electron chi connectivity index (χ0n) is 17.0. The second kappa shape index (κ2) is 8.88. The molecular formula is C23H18N4O3S2. The number of para-hydroxylation sites is 1. The largest absolute Gasteiger partial charge is 0.325 e. The van der Waals surface area contributed by atoms with Gasteiger partial charge in [0.25, 0.3) is 0 Å². The number of nitrogens with one attached hydrogen (secondary N) is 1. The van der Waals surface area contributed by atoms with Crippen LogP contribution in [0.1, 0.15) is 5.56 Å². The molecule has 160 valence electrons. The van der Waals surface area contributed by atoms with Crippen LogP contribution in [0, 0.1) is 11.3 Å². The van der Waals surface area contributed by atoms with E-state index >= 15 is 0 Å². The van der Waals surface area contributed by atoms with Crippen molar-refractivity contribution in [2.24, 2.45) is 0 Å². The van der Waals surface area contributed by atoms with E-state index in [4.69, 9.17) is 5.26 Å². The van der Waals surface area contributed by atoms with E-state index in [1.807, 2.05) is 48.5 Å². The Kier molecular flexibility index (Phi) is 6.01. The maximum absolute atomic E-state index is 12.7. The van der Waals surface area contributed by atoms with Gasteiger partial charge in [-0.25, -0.2) is 13.4 Å². The van der Waals surface area contributed by atoms with Gasteiger partial charge in [-0.1, -0.05) is 24.3 Å². The summed E-state index contributed by atoms with van der Waals surface area (Å²) >= 11 is 1.56. The highest BCUT2D eigenvalue weighted by molar-refractivity contribution is 7.89. The molecule has 0 saturated heterocycles. The van der Waals surface area contributed by atoms with E-state index in [2.05, 4.69) is 10.3 Å². The molecule has 0 aliphatic heterocycles. The Labute approximate surface area is 189 Å². The lowest BCUT2D eigenvalue weighted by atomic mass is 10.2. The molecule has 7 nitrogen and oxygen atoms in total. The number of carbonyl (C=O) groups excluding carboxylic acids is 1. The van der Waals surface area contributed by atoms with Crippen molar-refractivity contribution in [3.8, 4) is 16.6 Å². The Morgan fingerprint density at radius 1 is 1.09 bits per heavy atom. The van der Waals surface area contributed by atoms with Gasteiger partial charge in [-0.2, -0.15) is 9.57 Å². The molecule has 0 radical (unpaired) electrons. The van der Waals surface area contributed by atoms with Crippen molar-refractivity contribution in [3.05, 3.63) is 78.4 Å². The maximum Gasteiger partial charge on any atom is 0.243 e. The van der Waals surface area contributed by atoms with Gasteiger partial charge < -0.3 is 5.32 Å². The first-order valence-electron chi connectivity index (χ1n) is 9.59. The van der Waals surface area contributed by atoms with Crippen LogP contribution >= 0.6 is 11.3 Å². The molecule has 0 aliphatic carbocycles.